The van der Waals surface area contributed by atoms with Crippen LogP contribution in [-0.2, 0) is 4.74 Å². The predicted molar refractivity (Wildman–Crippen MR) is 138 cm³/mol. The number of imidazole rings is 1. The Morgan fingerprint density at radius 1 is 1.24 bits per heavy atom. The molecule has 1 aliphatic heterocycles. The number of fused-ring (bicyclic) bond motifs is 1. The van der Waals surface area contributed by atoms with Crippen molar-refractivity contribution in [2.45, 2.75) is 26.8 Å². The van der Waals surface area contributed by atoms with Gasteiger partial charge in [-0.15, -0.1) is 0 Å². The van der Waals surface area contributed by atoms with Crippen LogP contribution >= 0.6 is 0 Å². The molecule has 1 fully saturated rings. The van der Waals surface area contributed by atoms with Gasteiger partial charge in [0.05, 0.1) is 19.3 Å². The van der Waals surface area contributed by atoms with Gasteiger partial charge in [0.15, 0.2) is 0 Å². The molecule has 0 aliphatic carbocycles. The number of aromatic nitrogens is 4. The lowest BCUT2D eigenvalue weighted by Crippen LogP contribution is -2.57. The molecule has 1 aliphatic rings. The number of benzene rings is 1. The molecule has 4 aromatic rings. The van der Waals surface area contributed by atoms with Crippen molar-refractivity contribution in [3.05, 3.63) is 59.8 Å². The summed E-state index contributed by atoms with van der Waals surface area (Å²) in [4.78, 5) is 37.4. The maximum absolute atomic E-state index is 14.9. The molecule has 1 saturated heterocycles. The molecule has 38 heavy (non-hydrogen) atoms. The Kier molecular flexibility index (Phi) is 6.70. The molecule has 0 spiro atoms. The van der Waals surface area contributed by atoms with E-state index in [0.717, 1.165) is 0 Å². The van der Waals surface area contributed by atoms with Crippen LogP contribution in [0.25, 0.3) is 17.0 Å². The third-order valence-electron chi connectivity index (χ3n) is 6.78. The van der Waals surface area contributed by atoms with Crippen molar-refractivity contribution < 1.29 is 23.2 Å². The lowest BCUT2D eigenvalue weighted by molar-refractivity contribution is 0.102. The maximum atomic E-state index is 14.9. The van der Waals surface area contributed by atoms with Gasteiger partial charge in [-0.2, -0.15) is 4.98 Å². The Hall–Kier alpha value is -4.48. The molecule has 3 aromatic heterocycles. The van der Waals surface area contributed by atoms with Crippen LogP contribution in [0.5, 0.6) is 0 Å². The van der Waals surface area contributed by atoms with Crippen molar-refractivity contribution in [1.82, 2.24) is 24.4 Å². The van der Waals surface area contributed by atoms with E-state index >= 15 is 0 Å². The number of pyridine rings is 1. The minimum atomic E-state index is -0.519. The van der Waals surface area contributed by atoms with E-state index in [1.165, 1.54) is 19.4 Å². The first kappa shape index (κ1) is 25.2. The first-order valence-corrected chi connectivity index (χ1v) is 12.2. The number of carbonyl (C=O) groups is 2. The number of hydrogen-bond donors (Lipinski definition) is 1. The van der Waals surface area contributed by atoms with E-state index in [-0.39, 0.29) is 41.1 Å². The number of hydrogen-bond acceptors (Lipinski definition) is 8. The number of carbonyl (C=O) groups excluding carboxylic acids is 2. The number of methoxy groups -OCH3 is 1. The summed E-state index contributed by atoms with van der Waals surface area (Å²) < 4.78 is 27.0. The normalized spacial score (nSPS) is 15.8. The highest BCUT2D eigenvalue weighted by Crippen LogP contribution is 2.30. The van der Waals surface area contributed by atoms with Gasteiger partial charge in [0.1, 0.15) is 17.2 Å². The van der Waals surface area contributed by atoms with Gasteiger partial charge in [-0.1, -0.05) is 25.1 Å². The average Bonchev–Trinajstić information content (AvgIpc) is 3.58. The number of piperazine rings is 1. The molecule has 1 aromatic carbocycles. The maximum Gasteiger partial charge on any atom is 0.409 e. The van der Waals surface area contributed by atoms with E-state index in [9.17, 15) is 14.0 Å². The molecule has 1 N–H and O–H groups in total. The zero-order valence-electron chi connectivity index (χ0n) is 21.5. The topological polar surface area (TPSA) is 118 Å². The van der Waals surface area contributed by atoms with Crippen LogP contribution < -0.4 is 10.2 Å². The highest BCUT2D eigenvalue weighted by atomic mass is 19.1. The first-order chi connectivity index (χ1) is 18.3. The summed E-state index contributed by atoms with van der Waals surface area (Å²) in [5, 5.41) is 6.86. The van der Waals surface area contributed by atoms with Gasteiger partial charge in [0.25, 0.3) is 5.91 Å². The highest BCUT2D eigenvalue weighted by Gasteiger charge is 2.35. The van der Waals surface area contributed by atoms with Gasteiger partial charge in [0.2, 0.25) is 5.82 Å². The van der Waals surface area contributed by atoms with Crippen LogP contribution in [0.1, 0.15) is 29.9 Å². The van der Waals surface area contributed by atoms with Gasteiger partial charge < -0.3 is 24.4 Å². The number of amides is 2. The number of rotatable bonds is 5. The molecule has 5 rings (SSSR count). The Morgan fingerprint density at radius 3 is 2.82 bits per heavy atom. The highest BCUT2D eigenvalue weighted by molar-refractivity contribution is 6.04. The van der Waals surface area contributed by atoms with Crippen LogP contribution in [0.3, 0.4) is 0 Å². The van der Waals surface area contributed by atoms with Crippen LogP contribution in [0.2, 0.25) is 0 Å². The van der Waals surface area contributed by atoms with Crippen molar-refractivity contribution in [3.8, 4) is 11.4 Å². The van der Waals surface area contributed by atoms with E-state index in [1.54, 1.807) is 40.6 Å². The van der Waals surface area contributed by atoms with Crippen LogP contribution in [0.15, 0.2) is 47.2 Å². The Balaban J connectivity index is 1.40. The number of nitrogens with zero attached hydrogens (tertiary/aromatic N) is 6. The SMILES string of the molecule is COC(=O)N1CCN(c2nc(-c3cc(F)c(C)c(NC(=O)c4cnc5ccccn45)c3)no2)C(C(C)C)C1. The average molecular weight is 522 g/mol. The van der Waals surface area contributed by atoms with Crippen LogP contribution in [0.4, 0.5) is 20.9 Å². The molecule has 1 atom stereocenters. The van der Waals surface area contributed by atoms with Crippen molar-refractivity contribution >= 4 is 29.3 Å². The molecule has 12 heteroatoms. The molecule has 198 valence electrons. The summed E-state index contributed by atoms with van der Waals surface area (Å²) in [7, 11) is 1.36. The molecule has 2 amide bonds. The summed E-state index contributed by atoms with van der Waals surface area (Å²) in [5.41, 5.74) is 1.86. The standard InChI is InChI=1S/C26H28FN7O4/c1-15(2)21-14-32(26(36)37-4)9-10-34(21)25-30-23(31-38-25)17-11-18(27)16(3)19(12-17)29-24(35)20-13-28-22-7-5-6-8-33(20)22/h5-8,11-13,15,21H,9-10,14H2,1-4H3,(H,29,35). The fourth-order valence-electron chi connectivity index (χ4n) is 4.59. The minimum Gasteiger partial charge on any atom is -0.453 e. The lowest BCUT2D eigenvalue weighted by Gasteiger charge is -2.41. The monoisotopic (exact) mass is 521 g/mol. The second-order valence-electron chi connectivity index (χ2n) is 9.48. The van der Waals surface area contributed by atoms with Crippen molar-refractivity contribution in [2.24, 2.45) is 5.92 Å². The number of ether oxygens (including phenoxy) is 1. The summed E-state index contributed by atoms with van der Waals surface area (Å²) in [5.74, 6) is -0.590. The summed E-state index contributed by atoms with van der Waals surface area (Å²) in [6.07, 6.45) is 2.82. The minimum absolute atomic E-state index is 0.0776. The second kappa shape index (κ2) is 10.1. The molecule has 0 saturated carbocycles. The van der Waals surface area contributed by atoms with Gasteiger partial charge in [-0.3, -0.25) is 9.20 Å². The molecule has 0 bridgehead atoms. The van der Waals surface area contributed by atoms with E-state index in [4.69, 9.17) is 9.26 Å². The molecule has 0 radical (unpaired) electrons. The van der Waals surface area contributed by atoms with E-state index in [0.29, 0.717) is 36.5 Å². The smallest absolute Gasteiger partial charge is 0.409 e. The largest absolute Gasteiger partial charge is 0.453 e. The third kappa shape index (κ3) is 4.64. The van der Waals surface area contributed by atoms with Crippen LogP contribution in [0, 0.1) is 18.7 Å². The van der Waals surface area contributed by atoms with Gasteiger partial charge in [-0.25, -0.2) is 14.2 Å². The third-order valence-corrected chi connectivity index (χ3v) is 6.78. The molecular formula is C26H28FN7O4. The Labute approximate surface area is 218 Å². The van der Waals surface area contributed by atoms with Gasteiger partial charge in [0, 0.05) is 42.6 Å². The summed E-state index contributed by atoms with van der Waals surface area (Å²) in [6, 6.07) is 8.53. The fraction of sp³-hybridized carbons (Fsp3) is 0.346. The van der Waals surface area contributed by atoms with E-state index in [1.807, 2.05) is 24.8 Å². The van der Waals surface area contributed by atoms with Crippen molar-refractivity contribution in [1.29, 1.82) is 0 Å². The summed E-state index contributed by atoms with van der Waals surface area (Å²) in [6.45, 7) is 7.03. The van der Waals surface area contributed by atoms with E-state index < -0.39 is 11.7 Å². The number of halogens is 1. The second-order valence-corrected chi connectivity index (χ2v) is 9.48. The fourth-order valence-corrected chi connectivity index (χ4v) is 4.59. The van der Waals surface area contributed by atoms with Crippen molar-refractivity contribution in [3.63, 3.8) is 0 Å². The number of anilines is 2. The Morgan fingerprint density at radius 2 is 2.05 bits per heavy atom. The lowest BCUT2D eigenvalue weighted by atomic mass is 10.0. The first-order valence-electron chi connectivity index (χ1n) is 12.2. The quantitative estimate of drug-likeness (QED) is 0.419. The van der Waals surface area contributed by atoms with Crippen molar-refractivity contribution in [2.75, 3.05) is 37.0 Å². The Bertz CT molecular complexity index is 1500. The van der Waals surface area contributed by atoms with Gasteiger partial charge >= 0.3 is 12.1 Å². The van der Waals surface area contributed by atoms with Gasteiger partial charge in [-0.05, 0) is 37.1 Å². The number of nitrogens with one attached hydrogen (secondary N) is 1. The molecule has 1 unspecified atom stereocenters. The molecular weight excluding hydrogens is 493 g/mol. The van der Waals surface area contributed by atoms with Crippen LogP contribution in [-0.4, -0.2) is 69.2 Å². The zero-order valence-corrected chi connectivity index (χ0v) is 21.5. The zero-order chi connectivity index (χ0) is 27.0. The summed E-state index contributed by atoms with van der Waals surface area (Å²) >= 11 is 0. The predicted octanol–water partition coefficient (Wildman–Crippen LogP) is 4.00. The molecule has 4 heterocycles. The molecule has 11 nitrogen and oxygen atoms in total. The van der Waals surface area contributed by atoms with E-state index in [2.05, 4.69) is 20.4 Å².